The number of hydrogen-bond donors (Lipinski definition) is 1. The summed E-state index contributed by atoms with van der Waals surface area (Å²) in [6.45, 7) is 7.11. The maximum absolute atomic E-state index is 10.6. The second-order valence-electron chi connectivity index (χ2n) is 6.42. The van der Waals surface area contributed by atoms with Crippen molar-refractivity contribution in [3.8, 4) is 0 Å². The van der Waals surface area contributed by atoms with Crippen LogP contribution in [0.4, 0.5) is 0 Å². The number of aliphatic carboxylic acids is 1. The van der Waals surface area contributed by atoms with Crippen molar-refractivity contribution in [1.29, 1.82) is 0 Å². The Morgan fingerprint density at radius 2 is 2.06 bits per heavy atom. The summed E-state index contributed by atoms with van der Waals surface area (Å²) in [5.74, 6) is 1.62. The van der Waals surface area contributed by atoms with Crippen LogP contribution in [0.3, 0.4) is 0 Å². The molecular formula is C15H27NO2. The molecule has 1 saturated heterocycles. The van der Waals surface area contributed by atoms with Crippen molar-refractivity contribution in [1.82, 2.24) is 4.90 Å². The maximum atomic E-state index is 10.6. The van der Waals surface area contributed by atoms with Crippen LogP contribution in [0.15, 0.2) is 0 Å². The molecule has 0 aromatic heterocycles. The SMILES string of the molecule is CC1CCCC(N2CCC(CCC(=O)O)C2)C1C. The van der Waals surface area contributed by atoms with Crippen LogP contribution >= 0.6 is 0 Å². The van der Waals surface area contributed by atoms with E-state index in [4.69, 9.17) is 5.11 Å². The summed E-state index contributed by atoms with van der Waals surface area (Å²) < 4.78 is 0. The van der Waals surface area contributed by atoms with Gasteiger partial charge in [0.25, 0.3) is 0 Å². The molecule has 1 N–H and O–H groups in total. The van der Waals surface area contributed by atoms with Crippen LogP contribution in [0.1, 0.15) is 52.4 Å². The molecule has 3 heteroatoms. The van der Waals surface area contributed by atoms with Gasteiger partial charge in [-0.25, -0.2) is 0 Å². The van der Waals surface area contributed by atoms with Gasteiger partial charge in [0.1, 0.15) is 0 Å². The molecule has 2 aliphatic rings. The van der Waals surface area contributed by atoms with Gasteiger partial charge in [0.2, 0.25) is 0 Å². The number of carboxylic acid groups (broad SMARTS) is 1. The summed E-state index contributed by atoms with van der Waals surface area (Å²) in [7, 11) is 0. The van der Waals surface area contributed by atoms with E-state index < -0.39 is 5.97 Å². The largest absolute Gasteiger partial charge is 0.481 e. The first-order chi connectivity index (χ1) is 8.58. The Morgan fingerprint density at radius 1 is 1.28 bits per heavy atom. The molecule has 1 aliphatic carbocycles. The van der Waals surface area contributed by atoms with E-state index in [9.17, 15) is 4.79 Å². The maximum Gasteiger partial charge on any atom is 0.303 e. The summed E-state index contributed by atoms with van der Waals surface area (Å²) in [5.41, 5.74) is 0. The number of carbonyl (C=O) groups is 1. The highest BCUT2D eigenvalue weighted by Gasteiger charge is 2.35. The van der Waals surface area contributed by atoms with Crippen molar-refractivity contribution in [2.24, 2.45) is 17.8 Å². The van der Waals surface area contributed by atoms with Gasteiger partial charge in [0.05, 0.1) is 0 Å². The van der Waals surface area contributed by atoms with Crippen molar-refractivity contribution in [3.63, 3.8) is 0 Å². The minimum absolute atomic E-state index is 0.342. The van der Waals surface area contributed by atoms with E-state index >= 15 is 0 Å². The Balaban J connectivity index is 1.82. The minimum atomic E-state index is -0.645. The minimum Gasteiger partial charge on any atom is -0.481 e. The summed E-state index contributed by atoms with van der Waals surface area (Å²) in [6, 6.07) is 0.753. The van der Waals surface area contributed by atoms with E-state index in [1.165, 1.54) is 32.2 Å². The molecule has 0 spiro atoms. The molecule has 2 rings (SSSR count). The van der Waals surface area contributed by atoms with Gasteiger partial charge in [0.15, 0.2) is 0 Å². The second kappa shape index (κ2) is 6.05. The average molecular weight is 253 g/mol. The topological polar surface area (TPSA) is 40.5 Å². The summed E-state index contributed by atoms with van der Waals surface area (Å²) in [4.78, 5) is 13.3. The van der Waals surface area contributed by atoms with Gasteiger partial charge >= 0.3 is 5.97 Å². The molecule has 0 aromatic rings. The van der Waals surface area contributed by atoms with Gasteiger partial charge in [-0.05, 0) is 43.6 Å². The molecule has 0 amide bonds. The summed E-state index contributed by atoms with van der Waals surface area (Å²) in [6.07, 6.45) is 6.50. The first-order valence-electron chi connectivity index (χ1n) is 7.53. The van der Waals surface area contributed by atoms with Crippen LogP contribution < -0.4 is 0 Å². The molecule has 2 fully saturated rings. The first-order valence-corrected chi connectivity index (χ1v) is 7.53. The van der Waals surface area contributed by atoms with Crippen LogP contribution in [-0.2, 0) is 4.79 Å². The smallest absolute Gasteiger partial charge is 0.303 e. The lowest BCUT2D eigenvalue weighted by Gasteiger charge is -2.40. The Hall–Kier alpha value is -0.570. The highest BCUT2D eigenvalue weighted by atomic mass is 16.4. The molecule has 104 valence electrons. The fourth-order valence-corrected chi connectivity index (χ4v) is 3.80. The van der Waals surface area contributed by atoms with E-state index in [1.807, 2.05) is 0 Å². The molecule has 4 unspecified atom stereocenters. The molecule has 1 saturated carbocycles. The molecule has 18 heavy (non-hydrogen) atoms. The summed E-state index contributed by atoms with van der Waals surface area (Å²) >= 11 is 0. The van der Waals surface area contributed by atoms with Crippen molar-refractivity contribution < 1.29 is 9.90 Å². The molecule has 4 atom stereocenters. The third kappa shape index (κ3) is 3.25. The zero-order valence-corrected chi connectivity index (χ0v) is 11.8. The van der Waals surface area contributed by atoms with Crippen LogP contribution in [0.25, 0.3) is 0 Å². The highest BCUT2D eigenvalue weighted by Crippen LogP contribution is 2.35. The van der Waals surface area contributed by atoms with E-state index in [-0.39, 0.29) is 0 Å². The number of rotatable bonds is 4. The summed E-state index contributed by atoms with van der Waals surface area (Å²) in [5, 5.41) is 8.75. The lowest BCUT2D eigenvalue weighted by Crippen LogP contribution is -2.42. The first kappa shape index (κ1) is 13.9. The van der Waals surface area contributed by atoms with Crippen LogP contribution in [0.5, 0.6) is 0 Å². The average Bonchev–Trinajstić information content (AvgIpc) is 2.78. The molecule has 3 nitrogen and oxygen atoms in total. The van der Waals surface area contributed by atoms with Gasteiger partial charge in [-0.1, -0.05) is 26.7 Å². The van der Waals surface area contributed by atoms with Crippen LogP contribution in [-0.4, -0.2) is 35.1 Å². The van der Waals surface area contributed by atoms with E-state index in [0.29, 0.717) is 12.3 Å². The van der Waals surface area contributed by atoms with E-state index in [1.54, 1.807) is 0 Å². The van der Waals surface area contributed by atoms with Crippen molar-refractivity contribution in [3.05, 3.63) is 0 Å². The third-order valence-corrected chi connectivity index (χ3v) is 5.22. The quantitative estimate of drug-likeness (QED) is 0.837. The van der Waals surface area contributed by atoms with Gasteiger partial charge in [0, 0.05) is 19.0 Å². The monoisotopic (exact) mass is 253 g/mol. The molecule has 1 aliphatic heterocycles. The van der Waals surface area contributed by atoms with Crippen molar-refractivity contribution in [2.45, 2.75) is 58.4 Å². The van der Waals surface area contributed by atoms with Crippen LogP contribution in [0.2, 0.25) is 0 Å². The second-order valence-corrected chi connectivity index (χ2v) is 6.42. The molecular weight excluding hydrogens is 226 g/mol. The normalized spacial score (nSPS) is 37.9. The highest BCUT2D eigenvalue weighted by molar-refractivity contribution is 5.66. The fraction of sp³-hybridized carbons (Fsp3) is 0.933. The Morgan fingerprint density at radius 3 is 2.78 bits per heavy atom. The molecule has 0 radical (unpaired) electrons. The van der Waals surface area contributed by atoms with Crippen LogP contribution in [0, 0.1) is 17.8 Å². The number of hydrogen-bond acceptors (Lipinski definition) is 2. The van der Waals surface area contributed by atoms with Gasteiger partial charge < -0.3 is 5.11 Å². The predicted molar refractivity (Wildman–Crippen MR) is 72.5 cm³/mol. The number of likely N-dealkylation sites (tertiary alicyclic amines) is 1. The lowest BCUT2D eigenvalue weighted by molar-refractivity contribution is -0.137. The zero-order chi connectivity index (χ0) is 13.1. The van der Waals surface area contributed by atoms with Gasteiger partial charge in [-0.3, -0.25) is 9.69 Å². The number of carboxylic acids is 1. The van der Waals surface area contributed by atoms with Crippen molar-refractivity contribution in [2.75, 3.05) is 13.1 Å². The molecule has 0 bridgehead atoms. The Kier molecular flexibility index (Phi) is 4.66. The van der Waals surface area contributed by atoms with Crippen molar-refractivity contribution >= 4 is 5.97 Å². The zero-order valence-electron chi connectivity index (χ0n) is 11.8. The van der Waals surface area contributed by atoms with Gasteiger partial charge in [-0.15, -0.1) is 0 Å². The van der Waals surface area contributed by atoms with Gasteiger partial charge in [-0.2, -0.15) is 0 Å². The Bertz CT molecular complexity index is 292. The number of nitrogens with zero attached hydrogens (tertiary/aromatic N) is 1. The standard InChI is InChI=1S/C15H27NO2/c1-11-4-3-5-14(12(11)2)16-9-8-13(10-16)6-7-15(17)18/h11-14H,3-10H2,1-2H3,(H,17,18). The lowest BCUT2D eigenvalue weighted by atomic mass is 9.77. The fourth-order valence-electron chi connectivity index (χ4n) is 3.80. The predicted octanol–water partition coefficient (Wildman–Crippen LogP) is 3.00. The molecule has 1 heterocycles. The van der Waals surface area contributed by atoms with E-state index in [0.717, 1.165) is 30.8 Å². The third-order valence-electron chi connectivity index (χ3n) is 5.22. The molecule has 0 aromatic carbocycles. The van der Waals surface area contributed by atoms with E-state index in [2.05, 4.69) is 18.7 Å². The Labute approximate surface area is 111 Å².